The molecule has 11 heteroatoms. The molecule has 1 saturated carbocycles. The number of rotatable bonds is 9. The molecular formula is C37H44ClN7O3. The molecule has 1 spiro atoms. The summed E-state index contributed by atoms with van der Waals surface area (Å²) in [5, 5.41) is 12.7. The van der Waals surface area contributed by atoms with E-state index < -0.39 is 0 Å². The van der Waals surface area contributed by atoms with E-state index in [0.29, 0.717) is 51.4 Å². The van der Waals surface area contributed by atoms with Gasteiger partial charge in [-0.3, -0.25) is 4.79 Å². The molecule has 0 unspecified atom stereocenters. The summed E-state index contributed by atoms with van der Waals surface area (Å²) in [6.45, 7) is 5.06. The van der Waals surface area contributed by atoms with Crippen molar-refractivity contribution in [2.24, 2.45) is 0 Å². The van der Waals surface area contributed by atoms with Crippen LogP contribution >= 0.6 is 11.6 Å². The highest BCUT2D eigenvalue weighted by Gasteiger charge is 2.49. The second-order valence-electron chi connectivity index (χ2n) is 13.7. The van der Waals surface area contributed by atoms with E-state index in [1.54, 1.807) is 19.3 Å². The quantitative estimate of drug-likeness (QED) is 0.280. The van der Waals surface area contributed by atoms with Crippen LogP contribution in [0.1, 0.15) is 49.8 Å². The minimum Gasteiger partial charge on any atom is -0.462 e. The van der Waals surface area contributed by atoms with E-state index in [9.17, 15) is 10.1 Å². The summed E-state index contributed by atoms with van der Waals surface area (Å²) in [4.78, 5) is 32.4. The third-order valence-electron chi connectivity index (χ3n) is 10.8. The number of nitrogens with zero attached hydrogens (tertiary/aromatic N) is 7. The van der Waals surface area contributed by atoms with Crippen LogP contribution in [0, 0.1) is 11.3 Å². The van der Waals surface area contributed by atoms with Gasteiger partial charge < -0.3 is 29.1 Å². The van der Waals surface area contributed by atoms with Crippen LogP contribution in [0.15, 0.2) is 48.6 Å². The summed E-state index contributed by atoms with van der Waals surface area (Å²) in [7, 11) is 3.75. The van der Waals surface area contributed by atoms with Crippen molar-refractivity contribution in [3.63, 3.8) is 0 Å². The molecule has 1 aromatic heterocycles. The molecule has 4 heterocycles. The average Bonchev–Trinajstić information content (AvgIpc) is 3.50. The van der Waals surface area contributed by atoms with Gasteiger partial charge in [-0.15, -0.1) is 0 Å². The van der Waals surface area contributed by atoms with E-state index in [1.165, 1.54) is 5.56 Å². The minimum atomic E-state index is -0.263. The minimum absolute atomic E-state index is 0.0961. The Morgan fingerprint density at radius 3 is 2.67 bits per heavy atom. The van der Waals surface area contributed by atoms with Crippen molar-refractivity contribution in [2.45, 2.75) is 62.6 Å². The molecular weight excluding hydrogens is 626 g/mol. The molecule has 7 rings (SSSR count). The zero-order valence-electron chi connectivity index (χ0n) is 27.9. The smallest absolute Gasteiger partial charge is 0.318 e. The van der Waals surface area contributed by atoms with Crippen molar-refractivity contribution in [2.75, 3.05) is 69.9 Å². The van der Waals surface area contributed by atoms with Crippen molar-refractivity contribution in [3.8, 4) is 12.1 Å². The van der Waals surface area contributed by atoms with E-state index in [-0.39, 0.29) is 23.8 Å². The van der Waals surface area contributed by atoms with Crippen LogP contribution in [0.25, 0.3) is 10.8 Å². The molecule has 252 valence electrons. The number of nitriles is 1. The van der Waals surface area contributed by atoms with E-state index in [1.807, 2.05) is 17.0 Å². The number of carbonyl (C=O) groups excluding carboxylic acids is 1. The molecule has 48 heavy (non-hydrogen) atoms. The highest BCUT2D eigenvalue weighted by molar-refractivity contribution is 6.36. The number of fused-ring (bicyclic) bond motifs is 3. The molecule has 4 aliphatic rings. The Bertz CT molecular complexity index is 1730. The van der Waals surface area contributed by atoms with Gasteiger partial charge in [-0.25, -0.2) is 0 Å². The Balaban J connectivity index is 1.27. The van der Waals surface area contributed by atoms with Crippen LogP contribution in [-0.2, 0) is 21.5 Å². The Kier molecular flexibility index (Phi) is 9.45. The number of ether oxygens (including phenoxy) is 2. The maximum absolute atomic E-state index is 13.2. The predicted octanol–water partition coefficient (Wildman–Crippen LogP) is 5.33. The van der Waals surface area contributed by atoms with Gasteiger partial charge in [0, 0.05) is 67.5 Å². The number of hydrogen-bond acceptors (Lipinski definition) is 9. The van der Waals surface area contributed by atoms with Crippen molar-refractivity contribution < 1.29 is 14.3 Å². The fourth-order valence-electron chi connectivity index (χ4n) is 8.15. The number of likely N-dealkylation sites (N-methyl/N-ethyl adjacent to an activating group) is 1. The second kappa shape index (κ2) is 13.9. The summed E-state index contributed by atoms with van der Waals surface area (Å²) < 4.78 is 11.5. The Hall–Kier alpha value is -3.91. The Morgan fingerprint density at radius 1 is 1.10 bits per heavy atom. The van der Waals surface area contributed by atoms with Gasteiger partial charge >= 0.3 is 6.01 Å². The first-order chi connectivity index (χ1) is 23.4. The maximum atomic E-state index is 13.2. The molecule has 0 radical (unpaired) electrons. The molecule has 1 amide bonds. The van der Waals surface area contributed by atoms with Crippen LogP contribution in [0.5, 0.6) is 6.01 Å². The van der Waals surface area contributed by atoms with Crippen LogP contribution < -0.4 is 14.5 Å². The van der Waals surface area contributed by atoms with E-state index in [2.05, 4.69) is 52.1 Å². The van der Waals surface area contributed by atoms with Gasteiger partial charge in [0.15, 0.2) is 0 Å². The third kappa shape index (κ3) is 6.20. The SMILES string of the molecule is COC/C=C/C(=O)N1CCN(c2nc(OC[C@@H]3CCCN3C)nc3c2C2(CCC2)CN(c2cccc4cccc(Cl)c24)C3)C[C@@H]1CC#N. The third-order valence-corrected chi connectivity index (χ3v) is 11.1. The number of likely N-dealkylation sites (tertiary alicyclic amines) is 1. The molecule has 10 nitrogen and oxygen atoms in total. The van der Waals surface area contributed by atoms with Crippen LogP contribution in [0.2, 0.25) is 5.02 Å². The van der Waals surface area contributed by atoms with Crippen molar-refractivity contribution in [1.82, 2.24) is 19.8 Å². The van der Waals surface area contributed by atoms with E-state index in [4.69, 9.17) is 31.0 Å². The van der Waals surface area contributed by atoms with Gasteiger partial charge in [-0.05, 0) is 56.8 Å². The van der Waals surface area contributed by atoms with Crippen molar-refractivity contribution in [3.05, 3.63) is 64.8 Å². The summed E-state index contributed by atoms with van der Waals surface area (Å²) in [6, 6.07) is 15.3. The van der Waals surface area contributed by atoms with Crippen molar-refractivity contribution in [1.29, 1.82) is 5.26 Å². The van der Waals surface area contributed by atoms with Crippen LogP contribution in [0.3, 0.4) is 0 Å². The van der Waals surface area contributed by atoms with Gasteiger partial charge in [-0.1, -0.05) is 48.4 Å². The lowest BCUT2D eigenvalue weighted by Gasteiger charge is -2.52. The standard InChI is InChI=1S/C37H44ClN7O3/c1-42-18-5-10-28(42)24-48-36-40-30-23-44(31-12-4-9-26-8-3-11-29(38)33(26)31)25-37(15-7-16-37)34(30)35(41-36)43-19-20-45(27(22-43)14-17-39)32(46)13-6-21-47-2/h3-4,6,8-9,11-13,27-28H,5,7,10,14-16,18-25H2,1-2H3/b13-6+/t27-,28-/m0/s1. The first-order valence-corrected chi connectivity index (χ1v) is 17.5. The number of methoxy groups -OCH3 is 1. The highest BCUT2D eigenvalue weighted by Crippen LogP contribution is 2.52. The fourth-order valence-corrected chi connectivity index (χ4v) is 8.42. The number of halogens is 1. The molecule has 2 aromatic carbocycles. The number of carbonyl (C=O) groups is 1. The van der Waals surface area contributed by atoms with Gasteiger partial charge in [0.25, 0.3) is 0 Å². The van der Waals surface area contributed by atoms with Crippen LogP contribution in [0.4, 0.5) is 11.5 Å². The monoisotopic (exact) mass is 669 g/mol. The number of amides is 1. The first-order valence-electron chi connectivity index (χ1n) is 17.2. The Morgan fingerprint density at radius 2 is 1.94 bits per heavy atom. The molecule has 2 saturated heterocycles. The number of aromatic nitrogens is 2. The average molecular weight is 670 g/mol. The summed E-state index contributed by atoms with van der Waals surface area (Å²) in [5.41, 5.74) is 3.20. The normalized spacial score (nSPS) is 22.2. The topological polar surface area (TPSA) is 98.1 Å². The molecule has 3 fully saturated rings. The zero-order valence-corrected chi connectivity index (χ0v) is 28.7. The molecule has 0 bridgehead atoms. The van der Waals surface area contributed by atoms with Gasteiger partial charge in [-0.2, -0.15) is 15.2 Å². The number of anilines is 2. The van der Waals surface area contributed by atoms with Gasteiger partial charge in [0.2, 0.25) is 5.91 Å². The molecule has 0 N–H and O–H groups in total. The molecule has 3 aromatic rings. The van der Waals surface area contributed by atoms with Gasteiger partial charge in [0.05, 0.1) is 42.4 Å². The van der Waals surface area contributed by atoms with E-state index >= 15 is 0 Å². The van der Waals surface area contributed by atoms with Crippen molar-refractivity contribution >= 4 is 39.8 Å². The summed E-state index contributed by atoms with van der Waals surface area (Å²) >= 11 is 6.83. The fraction of sp³-hybridized carbons (Fsp3) is 0.514. The second-order valence-corrected chi connectivity index (χ2v) is 14.1. The molecule has 3 aliphatic heterocycles. The number of benzene rings is 2. The van der Waals surface area contributed by atoms with Crippen LogP contribution in [-0.4, -0.2) is 97.9 Å². The van der Waals surface area contributed by atoms with Gasteiger partial charge in [0.1, 0.15) is 12.4 Å². The predicted molar refractivity (Wildman–Crippen MR) is 188 cm³/mol. The lowest BCUT2D eigenvalue weighted by Crippen LogP contribution is -2.57. The summed E-state index contributed by atoms with van der Waals surface area (Å²) in [5.74, 6) is 0.802. The number of piperazine rings is 1. The molecule has 2 atom stereocenters. The Labute approximate surface area is 287 Å². The summed E-state index contributed by atoms with van der Waals surface area (Å²) in [6.07, 6.45) is 9.01. The highest BCUT2D eigenvalue weighted by atomic mass is 35.5. The lowest BCUT2D eigenvalue weighted by atomic mass is 9.62. The zero-order chi connectivity index (χ0) is 33.3. The maximum Gasteiger partial charge on any atom is 0.318 e. The largest absolute Gasteiger partial charge is 0.462 e. The lowest BCUT2D eigenvalue weighted by molar-refractivity contribution is -0.128. The van der Waals surface area contributed by atoms with E-state index in [0.717, 1.165) is 78.2 Å². The number of hydrogen-bond donors (Lipinski definition) is 0. The first kappa shape index (κ1) is 32.6. The molecule has 1 aliphatic carbocycles.